The quantitative estimate of drug-likeness (QED) is 0.272. The first-order chi connectivity index (χ1) is 15.6. The number of amides is 2. The molecule has 10 nitrogen and oxygen atoms in total. The Kier molecular flexibility index (Phi) is 7.29. The lowest BCUT2D eigenvalue weighted by Crippen LogP contribution is -2.40. The van der Waals surface area contributed by atoms with Crippen molar-refractivity contribution in [3.05, 3.63) is 53.3 Å². The number of anilines is 3. The molecule has 0 aliphatic carbocycles. The van der Waals surface area contributed by atoms with Gasteiger partial charge in [-0.2, -0.15) is 0 Å². The zero-order valence-electron chi connectivity index (χ0n) is 18.2. The number of carbonyl (C=O) groups excluding carboxylic acids is 2. The van der Waals surface area contributed by atoms with Gasteiger partial charge in [0.25, 0.3) is 5.91 Å². The number of aromatic nitrogens is 2. The predicted molar refractivity (Wildman–Crippen MR) is 131 cm³/mol. The van der Waals surface area contributed by atoms with E-state index < -0.39 is 11.9 Å². The Morgan fingerprint density at radius 2 is 1.76 bits per heavy atom. The number of nitrogens with zero attached hydrogens (tertiary/aromatic N) is 3. The fourth-order valence-corrected chi connectivity index (χ4v) is 3.27. The lowest BCUT2D eigenvalue weighted by molar-refractivity contribution is -0.117. The van der Waals surface area contributed by atoms with Crippen molar-refractivity contribution >= 4 is 57.5 Å². The summed E-state index contributed by atoms with van der Waals surface area (Å²) in [6.45, 7) is 3.90. The number of hydrogen-bond acceptors (Lipinski definition) is 7. The van der Waals surface area contributed by atoms with Crippen LogP contribution in [0.3, 0.4) is 0 Å². The van der Waals surface area contributed by atoms with Crippen LogP contribution in [0.25, 0.3) is 10.8 Å². The minimum atomic E-state index is -0.838. The third-order valence-electron chi connectivity index (χ3n) is 4.67. The molecule has 0 aliphatic heterocycles. The van der Waals surface area contributed by atoms with Crippen molar-refractivity contribution in [2.75, 3.05) is 16.8 Å². The van der Waals surface area contributed by atoms with E-state index in [9.17, 15) is 9.59 Å². The number of aliphatic imine (C=N–C) groups is 1. The molecule has 0 bridgehead atoms. The zero-order chi connectivity index (χ0) is 24.1. The molecule has 0 aliphatic rings. The maximum absolute atomic E-state index is 13.0. The van der Waals surface area contributed by atoms with Gasteiger partial charge in [0.15, 0.2) is 28.4 Å². The molecule has 1 aromatic heterocycles. The molecule has 0 fully saturated rings. The molecule has 0 spiro atoms. The lowest BCUT2D eigenvalue weighted by Gasteiger charge is -2.16. The minimum absolute atomic E-state index is 0.102. The molecule has 0 saturated carbocycles. The number of benzene rings is 2. The normalized spacial score (nSPS) is 12.5. The second kappa shape index (κ2) is 10.1. The maximum Gasteiger partial charge on any atom is 0.280 e. The molecule has 0 radical (unpaired) electrons. The maximum atomic E-state index is 13.0. The van der Waals surface area contributed by atoms with Gasteiger partial charge >= 0.3 is 0 Å². The lowest BCUT2D eigenvalue weighted by atomic mass is 10.0. The first kappa shape index (κ1) is 23.7. The predicted octanol–water partition coefficient (Wildman–Crippen LogP) is 2.55. The van der Waals surface area contributed by atoms with Crippen LogP contribution in [0.4, 0.5) is 17.3 Å². The number of nitrogens with two attached hydrogens (primary N) is 3. The summed E-state index contributed by atoms with van der Waals surface area (Å²) in [4.78, 5) is 37.2. The van der Waals surface area contributed by atoms with E-state index in [1.54, 1.807) is 0 Å². The van der Waals surface area contributed by atoms with E-state index in [0.717, 1.165) is 10.8 Å². The standard InChI is InChI=1S/C22H25ClN8O2/c1-11(2)9-15(20(32)27-14-8-7-12-5-3-4-6-13(12)10-14)28-22(26)31-21(33)16-18(24)30-19(25)17(23)29-16/h3-8,10-11,15H,9H2,1-2H3,(H,27,32)(H4,24,25,30)(H3,26,28,31,33). The third-order valence-corrected chi connectivity index (χ3v) is 4.95. The summed E-state index contributed by atoms with van der Waals surface area (Å²) in [5.74, 6) is -1.58. The Bertz CT molecular complexity index is 1230. The van der Waals surface area contributed by atoms with Crippen molar-refractivity contribution in [1.82, 2.24) is 15.3 Å². The second-order valence-electron chi connectivity index (χ2n) is 7.80. The molecule has 33 heavy (non-hydrogen) atoms. The van der Waals surface area contributed by atoms with Crippen LogP contribution in [0.2, 0.25) is 5.15 Å². The Balaban J connectivity index is 1.77. The molecule has 1 heterocycles. The Morgan fingerprint density at radius 3 is 2.45 bits per heavy atom. The molecule has 2 amide bonds. The van der Waals surface area contributed by atoms with E-state index in [1.165, 1.54) is 0 Å². The van der Waals surface area contributed by atoms with E-state index >= 15 is 0 Å². The number of hydrogen-bond donors (Lipinski definition) is 5. The zero-order valence-corrected chi connectivity index (χ0v) is 18.9. The average Bonchev–Trinajstić information content (AvgIpc) is 2.75. The van der Waals surface area contributed by atoms with Crippen LogP contribution < -0.4 is 27.8 Å². The minimum Gasteiger partial charge on any atom is -0.382 e. The second-order valence-corrected chi connectivity index (χ2v) is 8.16. The van der Waals surface area contributed by atoms with E-state index in [0.29, 0.717) is 12.1 Å². The number of nitrogens with one attached hydrogen (secondary N) is 2. The van der Waals surface area contributed by atoms with Gasteiger partial charge in [-0.1, -0.05) is 55.8 Å². The molecule has 0 saturated heterocycles. The number of fused-ring (bicyclic) bond motifs is 1. The van der Waals surface area contributed by atoms with E-state index in [1.807, 2.05) is 56.3 Å². The van der Waals surface area contributed by atoms with Gasteiger partial charge in [0, 0.05) is 5.69 Å². The molecule has 3 rings (SSSR count). The van der Waals surface area contributed by atoms with Crippen LogP contribution in [-0.4, -0.2) is 33.8 Å². The van der Waals surface area contributed by atoms with Gasteiger partial charge in [-0.3, -0.25) is 14.9 Å². The number of halogens is 1. The van der Waals surface area contributed by atoms with Crippen LogP contribution >= 0.6 is 11.6 Å². The highest BCUT2D eigenvalue weighted by atomic mass is 35.5. The molecule has 8 N–H and O–H groups in total. The summed E-state index contributed by atoms with van der Waals surface area (Å²) in [5, 5.41) is 7.10. The van der Waals surface area contributed by atoms with Gasteiger partial charge in [0.2, 0.25) is 5.91 Å². The van der Waals surface area contributed by atoms with Crippen molar-refractivity contribution in [2.24, 2.45) is 16.6 Å². The summed E-state index contributed by atoms with van der Waals surface area (Å²) >= 11 is 5.81. The van der Waals surface area contributed by atoms with Crippen molar-refractivity contribution < 1.29 is 9.59 Å². The van der Waals surface area contributed by atoms with Gasteiger partial charge < -0.3 is 22.5 Å². The highest BCUT2D eigenvalue weighted by molar-refractivity contribution is 6.31. The van der Waals surface area contributed by atoms with Crippen molar-refractivity contribution in [1.29, 1.82) is 0 Å². The van der Waals surface area contributed by atoms with E-state index in [4.69, 9.17) is 28.8 Å². The molecular formula is C22H25ClN8O2. The molecule has 3 aromatic rings. The summed E-state index contributed by atoms with van der Waals surface area (Å²) in [6.07, 6.45) is 0.408. The molecular weight excluding hydrogens is 444 g/mol. The van der Waals surface area contributed by atoms with E-state index in [-0.39, 0.29) is 40.3 Å². The largest absolute Gasteiger partial charge is 0.382 e. The fraction of sp³-hybridized carbons (Fsp3) is 0.227. The van der Waals surface area contributed by atoms with Crippen LogP contribution in [0.1, 0.15) is 30.8 Å². The van der Waals surface area contributed by atoms with E-state index in [2.05, 4.69) is 25.6 Å². The summed E-state index contributed by atoms with van der Waals surface area (Å²) in [6, 6.07) is 12.6. The average molecular weight is 469 g/mol. The highest BCUT2D eigenvalue weighted by Gasteiger charge is 2.22. The summed E-state index contributed by atoms with van der Waals surface area (Å²) < 4.78 is 0. The molecule has 2 aromatic carbocycles. The van der Waals surface area contributed by atoms with Crippen molar-refractivity contribution in [3.8, 4) is 0 Å². The molecule has 1 unspecified atom stereocenters. The van der Waals surface area contributed by atoms with Crippen molar-refractivity contribution in [2.45, 2.75) is 26.3 Å². The Hall–Kier alpha value is -3.92. The van der Waals surface area contributed by atoms with Crippen LogP contribution in [0.5, 0.6) is 0 Å². The molecule has 1 atom stereocenters. The van der Waals surface area contributed by atoms with Gasteiger partial charge in [-0.25, -0.2) is 15.0 Å². The summed E-state index contributed by atoms with van der Waals surface area (Å²) in [5.41, 5.74) is 17.5. The van der Waals surface area contributed by atoms with Gasteiger partial charge in [0.05, 0.1) is 0 Å². The number of guanidine groups is 1. The SMILES string of the molecule is CC(C)CC(N=C(N)NC(=O)c1nc(Cl)c(N)nc1N)C(=O)Nc1ccc2ccccc2c1. The Labute approximate surface area is 195 Å². The first-order valence-electron chi connectivity index (χ1n) is 10.2. The van der Waals surface area contributed by atoms with Gasteiger partial charge in [0.1, 0.15) is 6.04 Å². The highest BCUT2D eigenvalue weighted by Crippen LogP contribution is 2.20. The first-order valence-corrected chi connectivity index (χ1v) is 10.5. The van der Waals surface area contributed by atoms with Crippen molar-refractivity contribution in [3.63, 3.8) is 0 Å². The number of carbonyl (C=O) groups is 2. The van der Waals surface area contributed by atoms with Gasteiger partial charge in [-0.05, 0) is 35.2 Å². The summed E-state index contributed by atoms with van der Waals surface area (Å²) in [7, 11) is 0. The monoisotopic (exact) mass is 468 g/mol. The molecule has 11 heteroatoms. The molecule has 172 valence electrons. The number of nitrogen functional groups attached to an aromatic ring is 2. The topological polar surface area (TPSA) is 174 Å². The van der Waals surface area contributed by atoms with Crippen LogP contribution in [0.15, 0.2) is 47.5 Å². The fourth-order valence-electron chi connectivity index (χ4n) is 3.14. The van der Waals surface area contributed by atoms with Crippen LogP contribution in [-0.2, 0) is 4.79 Å². The Morgan fingerprint density at radius 1 is 1.06 bits per heavy atom. The smallest absolute Gasteiger partial charge is 0.280 e. The van der Waals surface area contributed by atoms with Gasteiger partial charge in [-0.15, -0.1) is 0 Å². The van der Waals surface area contributed by atoms with Crippen LogP contribution in [0, 0.1) is 5.92 Å². The third kappa shape index (κ3) is 6.07. The number of rotatable bonds is 6.